The Kier molecular flexibility index (Phi) is 4.72. The summed E-state index contributed by atoms with van der Waals surface area (Å²) in [5.41, 5.74) is 0. The van der Waals surface area contributed by atoms with Crippen LogP contribution >= 0.6 is 23.5 Å². The molecule has 0 aromatic heterocycles. The van der Waals surface area contributed by atoms with Crippen molar-refractivity contribution in [2.75, 3.05) is 18.6 Å². The topological polar surface area (TPSA) is 9.23 Å². The van der Waals surface area contributed by atoms with Gasteiger partial charge < -0.3 is 4.74 Å². The van der Waals surface area contributed by atoms with E-state index < -0.39 is 0 Å². The van der Waals surface area contributed by atoms with Gasteiger partial charge >= 0.3 is 0 Å². The molecule has 66 valence electrons. The average molecular weight is 192 g/mol. The van der Waals surface area contributed by atoms with Crippen LogP contribution in [-0.2, 0) is 4.74 Å². The lowest BCUT2D eigenvalue weighted by atomic mass is 10.3. The van der Waals surface area contributed by atoms with E-state index >= 15 is 0 Å². The molecule has 1 aliphatic heterocycles. The Balaban J connectivity index is 2.13. The molecule has 1 fully saturated rings. The molecule has 11 heavy (non-hydrogen) atoms. The molecule has 1 aliphatic rings. The highest BCUT2D eigenvalue weighted by atomic mass is 32.2. The second kappa shape index (κ2) is 5.33. The minimum absolute atomic E-state index is 0.429. The molecule has 0 amide bonds. The average Bonchev–Trinajstić information content (AvgIpc) is 2.06. The van der Waals surface area contributed by atoms with Crippen LogP contribution in [0, 0.1) is 0 Å². The maximum atomic E-state index is 5.23. The van der Waals surface area contributed by atoms with E-state index in [1.54, 1.807) is 7.11 Å². The molecule has 0 radical (unpaired) electrons. The summed E-state index contributed by atoms with van der Waals surface area (Å²) in [7, 11) is 1.79. The molecule has 0 aliphatic carbocycles. The van der Waals surface area contributed by atoms with Gasteiger partial charge in [-0.15, -0.1) is 23.5 Å². The summed E-state index contributed by atoms with van der Waals surface area (Å²) < 4.78 is 6.02. The monoisotopic (exact) mass is 192 g/mol. The highest BCUT2D eigenvalue weighted by Gasteiger charge is 2.16. The van der Waals surface area contributed by atoms with Gasteiger partial charge in [0.2, 0.25) is 0 Å². The van der Waals surface area contributed by atoms with Gasteiger partial charge in [-0.25, -0.2) is 0 Å². The minimum atomic E-state index is 0.429. The first kappa shape index (κ1) is 9.75. The summed E-state index contributed by atoms with van der Waals surface area (Å²) in [5, 5.41) is 0. The molecule has 1 rings (SSSR count). The predicted octanol–water partition coefficient (Wildman–Crippen LogP) is 2.61. The first-order chi connectivity index (χ1) is 5.33. The Morgan fingerprint density at radius 1 is 1.45 bits per heavy atom. The van der Waals surface area contributed by atoms with Crippen molar-refractivity contribution < 1.29 is 4.74 Å². The molecule has 1 nitrogen and oxygen atoms in total. The van der Waals surface area contributed by atoms with Gasteiger partial charge in [-0.1, -0.05) is 0 Å². The molecular weight excluding hydrogens is 176 g/mol. The first-order valence-electron chi connectivity index (χ1n) is 4.09. The van der Waals surface area contributed by atoms with Crippen LogP contribution in [-0.4, -0.2) is 29.3 Å². The molecule has 0 bridgehead atoms. The number of thioether (sulfide) groups is 2. The molecule has 3 heteroatoms. The first-order valence-corrected chi connectivity index (χ1v) is 6.18. The summed E-state index contributed by atoms with van der Waals surface area (Å²) >= 11 is 4.18. The fraction of sp³-hybridized carbons (Fsp3) is 1.00. The van der Waals surface area contributed by atoms with E-state index in [-0.39, 0.29) is 0 Å². The zero-order chi connectivity index (χ0) is 8.10. The van der Waals surface area contributed by atoms with Crippen molar-refractivity contribution >= 4 is 23.5 Å². The third kappa shape index (κ3) is 3.72. The molecule has 0 N–H and O–H groups in total. The van der Waals surface area contributed by atoms with Crippen LogP contribution < -0.4 is 0 Å². The van der Waals surface area contributed by atoms with Gasteiger partial charge in [-0.2, -0.15) is 0 Å². The fourth-order valence-corrected chi connectivity index (χ4v) is 4.15. The molecule has 1 heterocycles. The predicted molar refractivity (Wildman–Crippen MR) is 54.4 cm³/mol. The van der Waals surface area contributed by atoms with E-state index in [2.05, 4.69) is 30.4 Å². The Hall–Kier alpha value is 0.660. The summed E-state index contributed by atoms with van der Waals surface area (Å²) in [6, 6.07) is 0. The standard InChI is InChI=1S/C8H16OS2/c1-7(9-2)6-8-10-4-3-5-11-8/h7-8H,3-6H2,1-2H3. The Bertz CT molecular complexity index is 102. The Morgan fingerprint density at radius 2 is 2.09 bits per heavy atom. The maximum absolute atomic E-state index is 5.23. The highest BCUT2D eigenvalue weighted by Crippen LogP contribution is 2.33. The zero-order valence-corrected chi connectivity index (χ0v) is 8.84. The summed E-state index contributed by atoms with van der Waals surface area (Å²) in [4.78, 5) is 0. The van der Waals surface area contributed by atoms with Crippen LogP contribution in [0.5, 0.6) is 0 Å². The van der Waals surface area contributed by atoms with Crippen LogP contribution in [0.1, 0.15) is 19.8 Å². The van der Waals surface area contributed by atoms with E-state index in [9.17, 15) is 0 Å². The van der Waals surface area contributed by atoms with E-state index in [0.29, 0.717) is 6.10 Å². The number of ether oxygens (including phenoxy) is 1. The van der Waals surface area contributed by atoms with Gasteiger partial charge in [0, 0.05) is 7.11 Å². The number of rotatable bonds is 3. The van der Waals surface area contributed by atoms with Gasteiger partial charge in [0.15, 0.2) is 0 Å². The van der Waals surface area contributed by atoms with Gasteiger partial charge in [-0.05, 0) is 31.3 Å². The highest BCUT2D eigenvalue weighted by molar-refractivity contribution is 8.17. The van der Waals surface area contributed by atoms with Crippen LogP contribution in [0.25, 0.3) is 0 Å². The quantitative estimate of drug-likeness (QED) is 0.680. The van der Waals surface area contributed by atoms with Gasteiger partial charge in [-0.3, -0.25) is 0 Å². The largest absolute Gasteiger partial charge is 0.382 e. The molecule has 1 saturated heterocycles. The van der Waals surface area contributed by atoms with E-state index in [1.165, 1.54) is 24.3 Å². The van der Waals surface area contributed by atoms with Crippen LogP contribution in [0.3, 0.4) is 0 Å². The summed E-state index contributed by atoms with van der Waals surface area (Å²) in [5.74, 6) is 2.68. The van der Waals surface area contributed by atoms with E-state index in [0.717, 1.165) is 4.58 Å². The van der Waals surface area contributed by atoms with Crippen LogP contribution in [0.4, 0.5) is 0 Å². The second-order valence-corrected chi connectivity index (χ2v) is 5.73. The van der Waals surface area contributed by atoms with E-state index in [1.807, 2.05) is 0 Å². The second-order valence-electron chi connectivity index (χ2n) is 2.81. The van der Waals surface area contributed by atoms with Crippen LogP contribution in [0.15, 0.2) is 0 Å². The summed E-state index contributed by atoms with van der Waals surface area (Å²) in [6.07, 6.45) is 3.01. The van der Waals surface area contributed by atoms with Crippen molar-refractivity contribution in [2.24, 2.45) is 0 Å². The lowest BCUT2D eigenvalue weighted by Crippen LogP contribution is -2.15. The Labute approximate surface area is 77.6 Å². The fourth-order valence-electron chi connectivity index (χ4n) is 1.04. The summed E-state index contributed by atoms with van der Waals surface area (Å²) in [6.45, 7) is 2.15. The van der Waals surface area contributed by atoms with Crippen molar-refractivity contribution in [3.05, 3.63) is 0 Å². The normalized spacial score (nSPS) is 23.5. The van der Waals surface area contributed by atoms with E-state index in [4.69, 9.17) is 4.74 Å². The third-order valence-corrected chi connectivity index (χ3v) is 4.82. The smallest absolute Gasteiger partial charge is 0.0561 e. The number of methoxy groups -OCH3 is 1. The number of hydrogen-bond acceptors (Lipinski definition) is 3. The van der Waals surface area contributed by atoms with Crippen LogP contribution in [0.2, 0.25) is 0 Å². The van der Waals surface area contributed by atoms with Gasteiger partial charge in [0.05, 0.1) is 10.7 Å². The van der Waals surface area contributed by atoms with Crippen molar-refractivity contribution in [1.29, 1.82) is 0 Å². The van der Waals surface area contributed by atoms with Crippen molar-refractivity contribution in [3.63, 3.8) is 0 Å². The third-order valence-electron chi connectivity index (χ3n) is 1.82. The zero-order valence-electron chi connectivity index (χ0n) is 7.21. The molecule has 0 aromatic carbocycles. The van der Waals surface area contributed by atoms with Crippen molar-refractivity contribution in [3.8, 4) is 0 Å². The molecule has 0 saturated carbocycles. The molecule has 1 atom stereocenters. The lowest BCUT2D eigenvalue weighted by Gasteiger charge is -2.22. The SMILES string of the molecule is COC(C)CC1SCCCS1. The van der Waals surface area contributed by atoms with Crippen molar-refractivity contribution in [1.82, 2.24) is 0 Å². The molecule has 1 unspecified atom stereocenters. The Morgan fingerprint density at radius 3 is 2.64 bits per heavy atom. The number of hydrogen-bond donors (Lipinski definition) is 0. The molecular formula is C8H16OS2. The van der Waals surface area contributed by atoms with Gasteiger partial charge in [0.25, 0.3) is 0 Å². The van der Waals surface area contributed by atoms with Gasteiger partial charge in [0.1, 0.15) is 0 Å². The molecule has 0 spiro atoms. The van der Waals surface area contributed by atoms with Crippen molar-refractivity contribution in [2.45, 2.75) is 30.5 Å². The minimum Gasteiger partial charge on any atom is -0.382 e. The molecule has 0 aromatic rings. The maximum Gasteiger partial charge on any atom is 0.0561 e. The lowest BCUT2D eigenvalue weighted by molar-refractivity contribution is 0.115.